The smallest absolute Gasteiger partial charge is 0.172 e. The summed E-state index contributed by atoms with van der Waals surface area (Å²) in [6.07, 6.45) is 6.32. The van der Waals surface area contributed by atoms with Gasteiger partial charge < -0.3 is 20.0 Å². The molecular weight excluding hydrogens is 346 g/mol. The molecule has 1 aromatic rings. The number of rotatable bonds is 11. The maximum Gasteiger partial charge on any atom is 0.172 e. The van der Waals surface area contributed by atoms with Crippen LogP contribution >= 0.6 is 11.8 Å². The van der Waals surface area contributed by atoms with Crippen LogP contribution in [0, 0.1) is 12.3 Å². The minimum absolute atomic E-state index is 0.266. The fourth-order valence-corrected chi connectivity index (χ4v) is 3.18. The van der Waals surface area contributed by atoms with Gasteiger partial charge in [0.1, 0.15) is 17.3 Å². The maximum absolute atomic E-state index is 11.3. The second-order valence-corrected chi connectivity index (χ2v) is 8.50. The van der Waals surface area contributed by atoms with Gasteiger partial charge in [-0.25, -0.2) is 8.42 Å². The molecule has 0 amide bonds. The first-order chi connectivity index (χ1) is 11.3. The van der Waals surface area contributed by atoms with Gasteiger partial charge >= 0.3 is 0 Å². The SMILES string of the molecule is C#CCN/C(=C/S(C)(=O)=O)NCCSCc1ccc(CN(C)C)o1. The van der Waals surface area contributed by atoms with Crippen molar-refractivity contribution in [1.82, 2.24) is 15.5 Å². The number of terminal acetylenes is 1. The molecule has 8 heteroatoms. The normalized spacial score (nSPS) is 12.2. The van der Waals surface area contributed by atoms with E-state index >= 15 is 0 Å². The molecule has 0 fully saturated rings. The predicted octanol–water partition coefficient (Wildman–Crippen LogP) is 1.23. The lowest BCUT2D eigenvalue weighted by atomic mass is 10.4. The Morgan fingerprint density at radius 3 is 2.71 bits per heavy atom. The number of hydrogen-bond donors (Lipinski definition) is 2. The Kier molecular flexibility index (Phi) is 8.82. The number of hydrogen-bond acceptors (Lipinski definition) is 7. The molecule has 134 valence electrons. The molecule has 0 aliphatic rings. The minimum Gasteiger partial charge on any atom is -0.464 e. The second-order valence-electron chi connectivity index (χ2n) is 5.50. The van der Waals surface area contributed by atoms with E-state index in [1.165, 1.54) is 0 Å². The maximum atomic E-state index is 11.3. The largest absolute Gasteiger partial charge is 0.464 e. The van der Waals surface area contributed by atoms with E-state index in [1.54, 1.807) is 11.8 Å². The van der Waals surface area contributed by atoms with E-state index in [-0.39, 0.29) is 6.54 Å². The molecule has 0 aromatic carbocycles. The van der Waals surface area contributed by atoms with Crippen molar-refractivity contribution in [2.75, 3.05) is 39.2 Å². The van der Waals surface area contributed by atoms with Crippen molar-refractivity contribution in [3.05, 3.63) is 34.9 Å². The number of nitrogens with one attached hydrogen (secondary N) is 2. The van der Waals surface area contributed by atoms with Gasteiger partial charge in [0.05, 0.1) is 24.3 Å². The van der Waals surface area contributed by atoms with Crippen molar-refractivity contribution in [3.8, 4) is 12.3 Å². The van der Waals surface area contributed by atoms with Crippen molar-refractivity contribution in [1.29, 1.82) is 0 Å². The number of sulfone groups is 1. The Morgan fingerprint density at radius 1 is 1.38 bits per heavy atom. The summed E-state index contributed by atoms with van der Waals surface area (Å²) in [5.74, 6) is 6.31. The van der Waals surface area contributed by atoms with Gasteiger partial charge in [-0.05, 0) is 26.2 Å². The Balaban J connectivity index is 2.34. The molecule has 0 saturated carbocycles. The van der Waals surface area contributed by atoms with Crippen molar-refractivity contribution < 1.29 is 12.8 Å². The quantitative estimate of drug-likeness (QED) is 0.448. The third-order valence-electron chi connectivity index (χ3n) is 2.71. The Labute approximate surface area is 149 Å². The predicted molar refractivity (Wildman–Crippen MR) is 100 cm³/mol. The molecule has 1 heterocycles. The lowest BCUT2D eigenvalue weighted by molar-refractivity contribution is 0.344. The molecule has 0 bridgehead atoms. The third kappa shape index (κ3) is 9.55. The number of nitrogens with zero attached hydrogens (tertiary/aromatic N) is 1. The van der Waals surface area contributed by atoms with Gasteiger partial charge in [-0.15, -0.1) is 6.42 Å². The van der Waals surface area contributed by atoms with Crippen molar-refractivity contribution in [2.24, 2.45) is 0 Å². The van der Waals surface area contributed by atoms with E-state index in [4.69, 9.17) is 10.8 Å². The first-order valence-electron chi connectivity index (χ1n) is 7.43. The highest BCUT2D eigenvalue weighted by Gasteiger charge is 2.04. The van der Waals surface area contributed by atoms with Crippen LogP contribution in [0.5, 0.6) is 0 Å². The van der Waals surface area contributed by atoms with Crippen molar-refractivity contribution in [2.45, 2.75) is 12.3 Å². The van der Waals surface area contributed by atoms with Crippen molar-refractivity contribution in [3.63, 3.8) is 0 Å². The topological polar surface area (TPSA) is 74.6 Å². The molecule has 0 atom stereocenters. The van der Waals surface area contributed by atoms with Crippen LogP contribution in [-0.4, -0.2) is 52.5 Å². The average Bonchev–Trinajstić information content (AvgIpc) is 2.89. The van der Waals surface area contributed by atoms with Gasteiger partial charge in [-0.2, -0.15) is 11.8 Å². The summed E-state index contributed by atoms with van der Waals surface area (Å²) in [4.78, 5) is 2.05. The lowest BCUT2D eigenvalue weighted by Gasteiger charge is -2.11. The highest BCUT2D eigenvalue weighted by Crippen LogP contribution is 2.15. The first-order valence-corrected chi connectivity index (χ1v) is 10.5. The van der Waals surface area contributed by atoms with Crippen LogP contribution < -0.4 is 10.6 Å². The third-order valence-corrected chi connectivity index (χ3v) is 4.35. The first kappa shape index (κ1) is 20.5. The fraction of sp³-hybridized carbons (Fsp3) is 0.500. The van der Waals surface area contributed by atoms with Gasteiger partial charge in [0.15, 0.2) is 9.84 Å². The van der Waals surface area contributed by atoms with Gasteiger partial charge in [-0.3, -0.25) is 0 Å². The molecule has 0 unspecified atom stereocenters. The molecule has 2 N–H and O–H groups in total. The summed E-state index contributed by atoms with van der Waals surface area (Å²) in [6, 6.07) is 3.98. The summed E-state index contributed by atoms with van der Waals surface area (Å²) in [7, 11) is 0.769. The fourth-order valence-electron chi connectivity index (χ4n) is 1.83. The summed E-state index contributed by atoms with van der Waals surface area (Å²) in [5.41, 5.74) is 0. The Hall–Kier alpha value is -1.56. The van der Waals surface area contributed by atoms with Gasteiger partial charge in [0.25, 0.3) is 0 Å². The zero-order chi connectivity index (χ0) is 18.0. The Morgan fingerprint density at radius 2 is 2.08 bits per heavy atom. The lowest BCUT2D eigenvalue weighted by Crippen LogP contribution is -2.29. The molecule has 0 saturated heterocycles. The summed E-state index contributed by atoms with van der Waals surface area (Å²) in [5, 5.41) is 7.05. The monoisotopic (exact) mass is 371 g/mol. The molecule has 0 aliphatic heterocycles. The molecule has 24 heavy (non-hydrogen) atoms. The van der Waals surface area contributed by atoms with E-state index in [0.717, 1.165) is 41.2 Å². The number of furan rings is 1. The zero-order valence-corrected chi connectivity index (χ0v) is 16.0. The van der Waals surface area contributed by atoms with Gasteiger partial charge in [-0.1, -0.05) is 5.92 Å². The van der Waals surface area contributed by atoms with Gasteiger partial charge in [0, 0.05) is 18.6 Å². The van der Waals surface area contributed by atoms with Crippen LogP contribution in [0.4, 0.5) is 0 Å². The van der Waals surface area contributed by atoms with E-state index in [9.17, 15) is 8.42 Å². The van der Waals surface area contributed by atoms with Crippen LogP contribution in [0.3, 0.4) is 0 Å². The molecule has 0 aliphatic carbocycles. The molecule has 6 nitrogen and oxygen atoms in total. The van der Waals surface area contributed by atoms with E-state index in [2.05, 4.69) is 21.5 Å². The van der Waals surface area contributed by atoms with E-state index < -0.39 is 9.84 Å². The van der Waals surface area contributed by atoms with Crippen molar-refractivity contribution >= 4 is 21.6 Å². The van der Waals surface area contributed by atoms with Crippen LogP contribution in [0.25, 0.3) is 0 Å². The molecular formula is C16H25N3O3S2. The summed E-state index contributed by atoms with van der Waals surface area (Å²) < 4.78 is 28.4. The summed E-state index contributed by atoms with van der Waals surface area (Å²) >= 11 is 1.71. The van der Waals surface area contributed by atoms with Crippen LogP contribution in [0.1, 0.15) is 11.5 Å². The highest BCUT2D eigenvalue weighted by molar-refractivity contribution is 7.98. The highest BCUT2D eigenvalue weighted by atomic mass is 32.2. The summed E-state index contributed by atoms with van der Waals surface area (Å²) in [6.45, 7) is 1.67. The van der Waals surface area contributed by atoms with Crippen LogP contribution in [0.2, 0.25) is 0 Å². The van der Waals surface area contributed by atoms with E-state index in [1.807, 2.05) is 26.2 Å². The number of thioether (sulfide) groups is 1. The molecule has 0 radical (unpaired) electrons. The molecule has 1 rings (SSSR count). The molecule has 1 aromatic heterocycles. The standard InChI is InChI=1S/C16H25N3O3S2/c1-5-8-17-16(13-24(4,20)21)18-9-10-23-12-15-7-6-14(22-15)11-19(2)3/h1,6-7,13,17-18H,8-12H2,2-4H3/b16-13-. The zero-order valence-electron chi connectivity index (χ0n) is 14.3. The van der Waals surface area contributed by atoms with Gasteiger partial charge in [0.2, 0.25) is 0 Å². The molecule has 0 spiro atoms. The van der Waals surface area contributed by atoms with Crippen LogP contribution in [-0.2, 0) is 22.1 Å². The van der Waals surface area contributed by atoms with E-state index in [0.29, 0.717) is 12.4 Å². The minimum atomic E-state index is -3.23. The Bertz CT molecular complexity index is 673. The average molecular weight is 372 g/mol. The second kappa shape index (κ2) is 10.3. The van der Waals surface area contributed by atoms with Crippen LogP contribution in [0.15, 0.2) is 27.8 Å².